The standard InChI is InChI=1S/C11H11NO6/c1-11(10(15)16,6-9(13)14)7-4-2-3-5-8(7)12(17)18/h2-5H,6H2,1H3,(H,13,14)(H,15,16). The predicted octanol–water partition coefficient (Wildman–Crippen LogP) is 1.41. The molecule has 0 saturated carbocycles. The second-order valence-corrected chi connectivity index (χ2v) is 3.98. The van der Waals surface area contributed by atoms with E-state index in [0.717, 1.165) is 13.0 Å². The summed E-state index contributed by atoms with van der Waals surface area (Å²) < 4.78 is 0. The Balaban J connectivity index is 3.43. The Hall–Kier alpha value is -2.44. The molecular formula is C11H11NO6. The predicted molar refractivity (Wildman–Crippen MR) is 60.3 cm³/mol. The van der Waals surface area contributed by atoms with Crippen LogP contribution in [0.3, 0.4) is 0 Å². The van der Waals surface area contributed by atoms with Gasteiger partial charge >= 0.3 is 11.9 Å². The van der Waals surface area contributed by atoms with Crippen molar-refractivity contribution in [2.45, 2.75) is 18.8 Å². The number of carbonyl (C=O) groups is 2. The van der Waals surface area contributed by atoms with Gasteiger partial charge in [0.15, 0.2) is 0 Å². The van der Waals surface area contributed by atoms with Gasteiger partial charge in [0.1, 0.15) is 5.41 Å². The van der Waals surface area contributed by atoms with Gasteiger partial charge in [0.2, 0.25) is 0 Å². The number of nitro benzene ring substituents is 1. The van der Waals surface area contributed by atoms with Gasteiger partial charge in [0.25, 0.3) is 5.69 Å². The van der Waals surface area contributed by atoms with Crippen LogP contribution in [0.2, 0.25) is 0 Å². The molecule has 0 bridgehead atoms. The Morgan fingerprint density at radius 1 is 1.33 bits per heavy atom. The lowest BCUT2D eigenvalue weighted by Crippen LogP contribution is -2.35. The molecule has 18 heavy (non-hydrogen) atoms. The van der Waals surface area contributed by atoms with E-state index < -0.39 is 34.4 Å². The first-order valence-electron chi connectivity index (χ1n) is 4.98. The lowest BCUT2D eigenvalue weighted by Gasteiger charge is -2.22. The topological polar surface area (TPSA) is 118 Å². The molecular weight excluding hydrogens is 242 g/mol. The molecule has 0 heterocycles. The van der Waals surface area contributed by atoms with E-state index in [1.54, 1.807) is 0 Å². The van der Waals surface area contributed by atoms with Gasteiger partial charge in [0, 0.05) is 11.6 Å². The van der Waals surface area contributed by atoms with Gasteiger partial charge in [-0.05, 0) is 6.92 Å². The van der Waals surface area contributed by atoms with Crippen LogP contribution in [0.15, 0.2) is 24.3 Å². The summed E-state index contributed by atoms with van der Waals surface area (Å²) in [5, 5.41) is 28.8. The molecule has 1 rings (SSSR count). The van der Waals surface area contributed by atoms with Crippen LogP contribution < -0.4 is 0 Å². The smallest absolute Gasteiger partial charge is 0.314 e. The zero-order chi connectivity index (χ0) is 13.9. The molecule has 0 spiro atoms. The fourth-order valence-corrected chi connectivity index (χ4v) is 1.69. The average molecular weight is 253 g/mol. The number of nitro groups is 1. The van der Waals surface area contributed by atoms with Gasteiger partial charge in [-0.2, -0.15) is 0 Å². The Kier molecular flexibility index (Phi) is 3.65. The second-order valence-electron chi connectivity index (χ2n) is 3.98. The maximum absolute atomic E-state index is 11.2. The van der Waals surface area contributed by atoms with Crippen molar-refractivity contribution in [3.8, 4) is 0 Å². The molecule has 0 saturated heterocycles. The number of para-hydroxylation sites is 1. The number of benzene rings is 1. The summed E-state index contributed by atoms with van der Waals surface area (Å²) in [6, 6.07) is 5.24. The minimum Gasteiger partial charge on any atom is -0.481 e. The first-order chi connectivity index (χ1) is 8.29. The third-order valence-corrected chi connectivity index (χ3v) is 2.67. The summed E-state index contributed by atoms with van der Waals surface area (Å²) in [7, 11) is 0. The van der Waals surface area contributed by atoms with E-state index in [0.29, 0.717) is 0 Å². The average Bonchev–Trinajstić information content (AvgIpc) is 2.27. The highest BCUT2D eigenvalue weighted by molar-refractivity contribution is 5.87. The Morgan fingerprint density at radius 3 is 2.33 bits per heavy atom. The maximum atomic E-state index is 11.2. The molecule has 1 unspecified atom stereocenters. The Bertz CT molecular complexity index is 512. The van der Waals surface area contributed by atoms with Crippen LogP contribution in [0.4, 0.5) is 5.69 Å². The first kappa shape index (κ1) is 13.6. The van der Waals surface area contributed by atoms with Gasteiger partial charge in [-0.3, -0.25) is 19.7 Å². The summed E-state index contributed by atoms with van der Waals surface area (Å²) in [5.41, 5.74) is -2.36. The first-order valence-corrected chi connectivity index (χ1v) is 4.98. The lowest BCUT2D eigenvalue weighted by molar-refractivity contribution is -0.386. The number of rotatable bonds is 5. The molecule has 0 fully saturated rings. The number of hydrogen-bond donors (Lipinski definition) is 2. The van der Waals surface area contributed by atoms with Gasteiger partial charge < -0.3 is 10.2 Å². The van der Waals surface area contributed by atoms with E-state index in [2.05, 4.69) is 0 Å². The van der Waals surface area contributed by atoms with Crippen LogP contribution >= 0.6 is 0 Å². The Morgan fingerprint density at radius 2 is 1.89 bits per heavy atom. The highest BCUT2D eigenvalue weighted by Crippen LogP contribution is 2.34. The fourth-order valence-electron chi connectivity index (χ4n) is 1.69. The number of carboxylic acids is 2. The summed E-state index contributed by atoms with van der Waals surface area (Å²) in [4.78, 5) is 32.1. The third-order valence-electron chi connectivity index (χ3n) is 2.67. The maximum Gasteiger partial charge on any atom is 0.314 e. The van der Waals surface area contributed by atoms with E-state index in [4.69, 9.17) is 10.2 Å². The number of aliphatic carboxylic acids is 2. The molecule has 1 atom stereocenters. The molecule has 96 valence electrons. The van der Waals surface area contributed by atoms with Crippen molar-refractivity contribution in [3.63, 3.8) is 0 Å². The van der Waals surface area contributed by atoms with Crippen LogP contribution in [0.5, 0.6) is 0 Å². The summed E-state index contributed by atoms with van der Waals surface area (Å²) >= 11 is 0. The summed E-state index contributed by atoms with van der Waals surface area (Å²) in [5.74, 6) is -2.75. The number of nitrogens with zero attached hydrogens (tertiary/aromatic N) is 1. The monoisotopic (exact) mass is 253 g/mol. The molecule has 0 aliphatic rings. The molecule has 7 heteroatoms. The molecule has 0 aliphatic carbocycles. The second kappa shape index (κ2) is 4.82. The minimum atomic E-state index is -1.84. The van der Waals surface area contributed by atoms with Gasteiger partial charge in [0.05, 0.1) is 11.3 Å². The molecule has 0 aliphatic heterocycles. The molecule has 0 amide bonds. The molecule has 1 aromatic rings. The largest absolute Gasteiger partial charge is 0.481 e. The van der Waals surface area contributed by atoms with E-state index in [-0.39, 0.29) is 5.56 Å². The molecule has 0 radical (unpaired) electrons. The van der Waals surface area contributed by atoms with Gasteiger partial charge in [-0.25, -0.2) is 0 Å². The van der Waals surface area contributed by atoms with Crippen LogP contribution in [-0.4, -0.2) is 27.1 Å². The third kappa shape index (κ3) is 2.45. The van der Waals surface area contributed by atoms with Crippen molar-refractivity contribution in [2.75, 3.05) is 0 Å². The van der Waals surface area contributed by atoms with Crippen LogP contribution in [0.1, 0.15) is 18.9 Å². The van der Waals surface area contributed by atoms with Crippen molar-refractivity contribution in [1.82, 2.24) is 0 Å². The minimum absolute atomic E-state index is 0.120. The van der Waals surface area contributed by atoms with Crippen molar-refractivity contribution < 1.29 is 24.7 Å². The molecule has 2 N–H and O–H groups in total. The highest BCUT2D eigenvalue weighted by Gasteiger charge is 2.42. The van der Waals surface area contributed by atoms with E-state index in [1.165, 1.54) is 18.2 Å². The van der Waals surface area contributed by atoms with Crippen LogP contribution in [0, 0.1) is 10.1 Å². The SMILES string of the molecule is CC(CC(=O)O)(C(=O)O)c1ccccc1[N+](=O)[O-]. The van der Waals surface area contributed by atoms with E-state index in [1.807, 2.05) is 0 Å². The molecule has 1 aromatic carbocycles. The van der Waals surface area contributed by atoms with E-state index >= 15 is 0 Å². The van der Waals surface area contributed by atoms with Crippen LogP contribution in [0.25, 0.3) is 0 Å². The van der Waals surface area contributed by atoms with Gasteiger partial charge in [-0.15, -0.1) is 0 Å². The van der Waals surface area contributed by atoms with Crippen molar-refractivity contribution >= 4 is 17.6 Å². The van der Waals surface area contributed by atoms with Crippen molar-refractivity contribution in [3.05, 3.63) is 39.9 Å². The normalized spacial score (nSPS) is 13.6. The zero-order valence-electron chi connectivity index (χ0n) is 9.49. The highest BCUT2D eigenvalue weighted by atomic mass is 16.6. The number of carboxylic acid groups (broad SMARTS) is 2. The zero-order valence-corrected chi connectivity index (χ0v) is 9.49. The molecule has 7 nitrogen and oxygen atoms in total. The summed E-state index contributed by atoms with van der Waals surface area (Å²) in [6.45, 7) is 1.16. The van der Waals surface area contributed by atoms with Crippen molar-refractivity contribution in [1.29, 1.82) is 0 Å². The fraction of sp³-hybridized carbons (Fsp3) is 0.273. The Labute approximate surface area is 102 Å². The van der Waals surface area contributed by atoms with Crippen LogP contribution in [-0.2, 0) is 15.0 Å². The molecule has 0 aromatic heterocycles. The quantitative estimate of drug-likeness (QED) is 0.605. The van der Waals surface area contributed by atoms with E-state index in [9.17, 15) is 19.7 Å². The summed E-state index contributed by atoms with van der Waals surface area (Å²) in [6.07, 6.45) is -0.729. The number of hydrogen-bond acceptors (Lipinski definition) is 4. The lowest BCUT2D eigenvalue weighted by atomic mass is 9.78. The van der Waals surface area contributed by atoms with Crippen molar-refractivity contribution in [2.24, 2.45) is 0 Å². The van der Waals surface area contributed by atoms with Gasteiger partial charge in [-0.1, -0.05) is 18.2 Å².